The third kappa shape index (κ3) is 1.95. The molecule has 0 aliphatic carbocycles. The van der Waals surface area contributed by atoms with E-state index in [9.17, 15) is 13.9 Å². The van der Waals surface area contributed by atoms with Crippen molar-refractivity contribution in [2.75, 3.05) is 0 Å². The first-order chi connectivity index (χ1) is 6.07. The lowest BCUT2D eigenvalue weighted by Gasteiger charge is -2.08. The van der Waals surface area contributed by atoms with Crippen LogP contribution in [0.2, 0.25) is 0 Å². The van der Waals surface area contributed by atoms with Crippen LogP contribution < -0.4 is 0 Å². The van der Waals surface area contributed by atoms with Crippen molar-refractivity contribution in [2.24, 2.45) is 0 Å². The van der Waals surface area contributed by atoms with E-state index in [1.165, 1.54) is 12.1 Å². The molecule has 0 radical (unpaired) electrons. The Morgan fingerprint density at radius 3 is 2.62 bits per heavy atom. The average molecular weight is 249 g/mol. The van der Waals surface area contributed by atoms with Crippen LogP contribution in [0.3, 0.4) is 0 Å². The van der Waals surface area contributed by atoms with Gasteiger partial charge in [0.1, 0.15) is 11.6 Å². The number of hydrogen-bond donors (Lipinski definition) is 1. The molecule has 1 nitrogen and oxygen atoms in total. The molecular formula is C9H7BrF2O. The Kier molecular flexibility index (Phi) is 3.17. The van der Waals surface area contributed by atoms with Crippen LogP contribution in [0.4, 0.5) is 8.78 Å². The van der Waals surface area contributed by atoms with Crippen molar-refractivity contribution in [1.82, 2.24) is 0 Å². The maximum absolute atomic E-state index is 13.2. The van der Waals surface area contributed by atoms with E-state index in [2.05, 4.69) is 22.5 Å². The molecule has 0 aliphatic heterocycles. The summed E-state index contributed by atoms with van der Waals surface area (Å²) in [5, 5.41) is 9.22. The van der Waals surface area contributed by atoms with Gasteiger partial charge in [0.05, 0.1) is 10.6 Å². The molecule has 1 N–H and O–H groups in total. The molecule has 1 atom stereocenters. The van der Waals surface area contributed by atoms with Crippen molar-refractivity contribution < 1.29 is 13.9 Å². The first kappa shape index (κ1) is 10.3. The van der Waals surface area contributed by atoms with Gasteiger partial charge in [0.25, 0.3) is 0 Å². The second-order valence-corrected chi connectivity index (χ2v) is 3.24. The molecule has 0 amide bonds. The van der Waals surface area contributed by atoms with Crippen LogP contribution in [0, 0.1) is 11.6 Å². The molecule has 13 heavy (non-hydrogen) atoms. The standard InChI is InChI=1S/C9H7BrF2O/c1-2-7(13)5-3-4-6(11)8(10)9(5)12/h2-4,7,13H,1H2. The summed E-state index contributed by atoms with van der Waals surface area (Å²) >= 11 is 2.73. The molecule has 1 aromatic carbocycles. The van der Waals surface area contributed by atoms with Crippen LogP contribution in [0.25, 0.3) is 0 Å². The number of benzene rings is 1. The fraction of sp³-hybridized carbons (Fsp3) is 0.111. The lowest BCUT2D eigenvalue weighted by atomic mass is 10.1. The summed E-state index contributed by atoms with van der Waals surface area (Å²) in [5.74, 6) is -1.50. The van der Waals surface area contributed by atoms with Gasteiger partial charge >= 0.3 is 0 Å². The predicted octanol–water partition coefficient (Wildman–Crippen LogP) is 2.95. The first-order valence-electron chi connectivity index (χ1n) is 3.52. The van der Waals surface area contributed by atoms with Gasteiger partial charge in [0.2, 0.25) is 0 Å². The topological polar surface area (TPSA) is 20.2 Å². The summed E-state index contributed by atoms with van der Waals surface area (Å²) in [7, 11) is 0. The molecule has 70 valence electrons. The molecule has 0 spiro atoms. The quantitative estimate of drug-likeness (QED) is 0.631. The highest BCUT2D eigenvalue weighted by molar-refractivity contribution is 9.10. The highest BCUT2D eigenvalue weighted by Gasteiger charge is 2.14. The molecule has 0 heterocycles. The smallest absolute Gasteiger partial charge is 0.146 e. The fourth-order valence-corrected chi connectivity index (χ4v) is 1.26. The van der Waals surface area contributed by atoms with E-state index in [1.54, 1.807) is 0 Å². The minimum Gasteiger partial charge on any atom is -0.384 e. The third-order valence-electron chi connectivity index (χ3n) is 1.61. The van der Waals surface area contributed by atoms with E-state index in [0.29, 0.717) is 0 Å². The van der Waals surface area contributed by atoms with Crippen LogP contribution in [-0.2, 0) is 0 Å². The number of rotatable bonds is 2. The summed E-state index contributed by atoms with van der Waals surface area (Å²) in [4.78, 5) is 0. The zero-order chi connectivity index (χ0) is 10.0. The lowest BCUT2D eigenvalue weighted by molar-refractivity contribution is 0.223. The largest absolute Gasteiger partial charge is 0.384 e. The molecule has 0 fully saturated rings. The Hall–Kier alpha value is -0.740. The van der Waals surface area contributed by atoms with Gasteiger partial charge in [0.15, 0.2) is 0 Å². The van der Waals surface area contributed by atoms with Gasteiger partial charge in [-0.2, -0.15) is 0 Å². The molecular weight excluding hydrogens is 242 g/mol. The third-order valence-corrected chi connectivity index (χ3v) is 2.33. The molecule has 0 aromatic heterocycles. The van der Waals surface area contributed by atoms with Crippen molar-refractivity contribution in [3.8, 4) is 0 Å². The maximum Gasteiger partial charge on any atom is 0.146 e. The zero-order valence-electron chi connectivity index (χ0n) is 6.60. The Balaban J connectivity index is 3.25. The summed E-state index contributed by atoms with van der Waals surface area (Å²) < 4.78 is 25.7. The van der Waals surface area contributed by atoms with E-state index in [4.69, 9.17) is 0 Å². The minimum atomic E-state index is -1.11. The van der Waals surface area contributed by atoms with Crippen LogP contribution in [0.5, 0.6) is 0 Å². The second kappa shape index (κ2) is 3.98. The molecule has 1 rings (SSSR count). The van der Waals surface area contributed by atoms with Crippen molar-refractivity contribution >= 4 is 15.9 Å². The van der Waals surface area contributed by atoms with Crippen LogP contribution in [0.15, 0.2) is 29.3 Å². The first-order valence-corrected chi connectivity index (χ1v) is 4.31. The molecule has 0 bridgehead atoms. The van der Waals surface area contributed by atoms with E-state index in [1.807, 2.05) is 0 Å². The number of aliphatic hydroxyl groups excluding tert-OH is 1. The average Bonchev–Trinajstić information content (AvgIpc) is 2.13. The van der Waals surface area contributed by atoms with E-state index < -0.39 is 17.7 Å². The Morgan fingerprint density at radius 2 is 2.08 bits per heavy atom. The van der Waals surface area contributed by atoms with Gasteiger partial charge in [-0.25, -0.2) is 8.78 Å². The maximum atomic E-state index is 13.2. The number of halogens is 3. The van der Waals surface area contributed by atoms with Crippen molar-refractivity contribution in [3.05, 3.63) is 46.5 Å². The van der Waals surface area contributed by atoms with Gasteiger partial charge in [-0.05, 0) is 22.0 Å². The number of aliphatic hydroxyl groups is 1. The second-order valence-electron chi connectivity index (χ2n) is 2.45. The molecule has 4 heteroatoms. The van der Waals surface area contributed by atoms with E-state index in [0.717, 1.165) is 6.07 Å². The zero-order valence-corrected chi connectivity index (χ0v) is 8.18. The number of hydrogen-bond acceptors (Lipinski definition) is 1. The highest BCUT2D eigenvalue weighted by atomic mass is 79.9. The van der Waals surface area contributed by atoms with Gasteiger partial charge in [-0.3, -0.25) is 0 Å². The van der Waals surface area contributed by atoms with Crippen LogP contribution in [-0.4, -0.2) is 5.11 Å². The summed E-state index contributed by atoms with van der Waals surface area (Å²) in [5.41, 5.74) is 0.00303. The molecule has 0 saturated heterocycles. The monoisotopic (exact) mass is 248 g/mol. The SMILES string of the molecule is C=CC(O)c1ccc(F)c(Br)c1F. The van der Waals surface area contributed by atoms with Crippen molar-refractivity contribution in [2.45, 2.75) is 6.10 Å². The Bertz CT molecular complexity index is 339. The Labute approximate surface area is 82.8 Å². The van der Waals surface area contributed by atoms with Crippen molar-refractivity contribution in [3.63, 3.8) is 0 Å². The van der Waals surface area contributed by atoms with Crippen LogP contribution in [0.1, 0.15) is 11.7 Å². The van der Waals surface area contributed by atoms with Gasteiger partial charge in [-0.15, -0.1) is 6.58 Å². The van der Waals surface area contributed by atoms with Crippen molar-refractivity contribution in [1.29, 1.82) is 0 Å². The van der Waals surface area contributed by atoms with E-state index >= 15 is 0 Å². The highest BCUT2D eigenvalue weighted by Crippen LogP contribution is 2.26. The van der Waals surface area contributed by atoms with Gasteiger partial charge in [0, 0.05) is 5.56 Å². The predicted molar refractivity (Wildman–Crippen MR) is 49.2 cm³/mol. The molecule has 1 aromatic rings. The fourth-order valence-electron chi connectivity index (χ4n) is 0.896. The molecule has 0 aliphatic rings. The lowest BCUT2D eigenvalue weighted by Crippen LogP contribution is -1.99. The normalized spacial score (nSPS) is 12.6. The summed E-state index contributed by atoms with van der Waals surface area (Å²) in [6.07, 6.45) is 0.0554. The van der Waals surface area contributed by atoms with Gasteiger partial charge < -0.3 is 5.11 Å². The summed E-state index contributed by atoms with van der Waals surface area (Å²) in [6, 6.07) is 2.26. The van der Waals surface area contributed by atoms with Gasteiger partial charge in [-0.1, -0.05) is 12.1 Å². The molecule has 1 unspecified atom stereocenters. The van der Waals surface area contributed by atoms with E-state index in [-0.39, 0.29) is 10.0 Å². The summed E-state index contributed by atoms with van der Waals surface area (Å²) in [6.45, 7) is 3.30. The minimum absolute atomic E-state index is 0.00303. The Morgan fingerprint density at radius 1 is 1.46 bits per heavy atom. The molecule has 0 saturated carbocycles. The van der Waals surface area contributed by atoms with Crippen LogP contribution >= 0.6 is 15.9 Å².